The Morgan fingerprint density at radius 3 is 2.55 bits per heavy atom. The number of likely N-dealkylation sites (N-methyl/N-ethyl adjacent to an activating group) is 1. The number of halogens is 6. The maximum atomic E-state index is 14.0. The van der Waals surface area contributed by atoms with Gasteiger partial charge in [-0.15, -0.1) is 0 Å². The summed E-state index contributed by atoms with van der Waals surface area (Å²) in [7, 11) is 1.76. The minimum Gasteiger partial charge on any atom is -0.492 e. The van der Waals surface area contributed by atoms with Gasteiger partial charge in [-0.3, -0.25) is 0 Å². The molecule has 40 heavy (non-hydrogen) atoms. The molecule has 212 valence electrons. The fourth-order valence-corrected chi connectivity index (χ4v) is 5.86. The molecule has 1 saturated heterocycles. The topological polar surface area (TPSA) is 93.3 Å². The Morgan fingerprint density at radius 1 is 1.10 bits per heavy atom. The predicted octanol–water partition coefficient (Wildman–Crippen LogP) is 3.45. The van der Waals surface area contributed by atoms with Crippen LogP contribution in [0.1, 0.15) is 33.6 Å². The van der Waals surface area contributed by atoms with E-state index in [1.807, 2.05) is 4.90 Å². The number of thiazole rings is 1. The number of aliphatic hydroxyl groups is 1. The molecule has 0 radical (unpaired) electrons. The zero-order valence-corrected chi connectivity index (χ0v) is 21.7. The van der Waals surface area contributed by atoms with E-state index >= 15 is 0 Å². The third kappa shape index (κ3) is 5.56. The fraction of sp³-hybridized carbons (Fsp3) is 0.346. The van der Waals surface area contributed by atoms with Crippen molar-refractivity contribution in [3.8, 4) is 5.88 Å². The second-order valence-electron chi connectivity index (χ2n) is 9.58. The van der Waals surface area contributed by atoms with Crippen molar-refractivity contribution in [1.29, 1.82) is 0 Å². The number of hydrogen-bond acceptors (Lipinski definition) is 8. The Labute approximate surface area is 227 Å². The standard InChI is InChI=1S/C26H23F6N5O2S/c1-37(18-9-17(12-38)33-11-18)24-35-23(39)22(40-24)19(13-3-5-21-15(6-13)10-34-36-21)7-14-2-4-16(25(27,28)29)8-20(14)26(30,31)32/h2-6,8,10,17-18,33,38-39H,7,9,11-12H2,1H3. The maximum Gasteiger partial charge on any atom is 0.416 e. The van der Waals surface area contributed by atoms with Gasteiger partial charge in [-0.2, -0.15) is 41.5 Å². The molecule has 3 aromatic rings. The third-order valence-corrected chi connectivity index (χ3v) is 8.18. The van der Waals surface area contributed by atoms with Crippen LogP contribution in [-0.2, 0) is 18.8 Å². The van der Waals surface area contributed by atoms with Gasteiger partial charge in [0.1, 0.15) is 0 Å². The number of aromatic hydroxyl groups is 1. The Balaban J connectivity index is 1.63. The first kappa shape index (κ1) is 28.1. The lowest BCUT2D eigenvalue weighted by Crippen LogP contribution is -2.33. The highest BCUT2D eigenvalue weighted by atomic mass is 32.1. The summed E-state index contributed by atoms with van der Waals surface area (Å²) in [6.45, 7) is 0.515. The van der Waals surface area contributed by atoms with E-state index in [-0.39, 0.29) is 40.8 Å². The van der Waals surface area contributed by atoms with Crippen LogP contribution in [0.5, 0.6) is 5.88 Å². The van der Waals surface area contributed by atoms with Crippen LogP contribution in [0.3, 0.4) is 0 Å². The third-order valence-electron chi connectivity index (χ3n) is 6.99. The summed E-state index contributed by atoms with van der Waals surface area (Å²) in [5, 5.41) is 32.7. The predicted molar refractivity (Wildman–Crippen MR) is 137 cm³/mol. The van der Waals surface area contributed by atoms with Crippen molar-refractivity contribution in [1.82, 2.24) is 10.3 Å². The zero-order valence-electron chi connectivity index (χ0n) is 20.9. The maximum absolute atomic E-state index is 14.0. The molecule has 2 unspecified atom stereocenters. The van der Waals surface area contributed by atoms with Crippen LogP contribution in [0.15, 0.2) is 46.6 Å². The van der Waals surface area contributed by atoms with E-state index in [1.54, 1.807) is 25.2 Å². The molecule has 2 aliphatic rings. The zero-order chi connectivity index (χ0) is 28.8. The molecule has 0 bridgehead atoms. The van der Waals surface area contributed by atoms with Crippen LogP contribution < -0.4 is 20.8 Å². The molecule has 0 saturated carbocycles. The van der Waals surface area contributed by atoms with E-state index in [0.717, 1.165) is 17.4 Å². The minimum absolute atomic E-state index is 0.0424. The second kappa shape index (κ2) is 10.5. The van der Waals surface area contributed by atoms with Crippen molar-refractivity contribution in [3.63, 3.8) is 0 Å². The van der Waals surface area contributed by atoms with Gasteiger partial charge in [0.05, 0.1) is 34.2 Å². The molecule has 0 amide bonds. The van der Waals surface area contributed by atoms with Gasteiger partial charge in [0.25, 0.3) is 0 Å². The molecule has 2 aromatic carbocycles. The molecule has 2 aliphatic heterocycles. The molecule has 5 rings (SSSR count). The van der Waals surface area contributed by atoms with Crippen molar-refractivity contribution >= 4 is 28.3 Å². The van der Waals surface area contributed by atoms with E-state index in [1.165, 1.54) is 6.21 Å². The lowest BCUT2D eigenvalue weighted by atomic mass is 9.94. The number of aromatic nitrogens is 1. The normalized spacial score (nSPS) is 19.5. The van der Waals surface area contributed by atoms with Gasteiger partial charge in [-0.25, -0.2) is 0 Å². The van der Waals surface area contributed by atoms with E-state index in [0.29, 0.717) is 40.3 Å². The van der Waals surface area contributed by atoms with Crippen LogP contribution >= 0.6 is 11.3 Å². The van der Waals surface area contributed by atoms with E-state index in [4.69, 9.17) is 0 Å². The lowest BCUT2D eigenvalue weighted by molar-refractivity contribution is -0.143. The van der Waals surface area contributed by atoms with Crippen LogP contribution in [0, 0.1) is 0 Å². The number of alkyl halides is 6. The Hall–Kier alpha value is -3.49. The van der Waals surface area contributed by atoms with Gasteiger partial charge in [0.15, 0.2) is 5.13 Å². The lowest BCUT2D eigenvalue weighted by Gasteiger charge is -2.22. The molecule has 1 aromatic heterocycles. The smallest absolute Gasteiger partial charge is 0.416 e. The van der Waals surface area contributed by atoms with Gasteiger partial charge in [0.2, 0.25) is 5.88 Å². The first-order valence-electron chi connectivity index (χ1n) is 12.1. The summed E-state index contributed by atoms with van der Waals surface area (Å²) >= 11 is 1.06. The number of nitrogens with zero attached hydrogens (tertiary/aromatic N) is 4. The Kier molecular flexibility index (Phi) is 7.35. The van der Waals surface area contributed by atoms with Crippen molar-refractivity contribution in [2.24, 2.45) is 10.2 Å². The summed E-state index contributed by atoms with van der Waals surface area (Å²) in [6.07, 6.45) is -8.34. The molecule has 0 spiro atoms. The van der Waals surface area contributed by atoms with E-state index in [9.17, 15) is 36.6 Å². The largest absolute Gasteiger partial charge is 0.492 e. The number of fused-ring (bicyclic) bond motifs is 1. The van der Waals surface area contributed by atoms with Gasteiger partial charge >= 0.3 is 12.4 Å². The Morgan fingerprint density at radius 2 is 1.88 bits per heavy atom. The summed E-state index contributed by atoms with van der Waals surface area (Å²) in [5.41, 5.74) is -2.35. The van der Waals surface area contributed by atoms with Gasteiger partial charge < -0.3 is 20.4 Å². The molecular formula is C26H23F6N5O2S. The number of anilines is 1. The van der Waals surface area contributed by atoms with Crippen LogP contribution in [-0.4, -0.2) is 53.7 Å². The van der Waals surface area contributed by atoms with Crippen LogP contribution in [0.2, 0.25) is 0 Å². The SMILES string of the molecule is CN(c1nc(O)c(C(Cc2ccc(C(F)(F)F)cc2C(F)(F)F)=c2ccc3c(c2)C=NN=3)s1)C1CNC(CO)C1. The quantitative estimate of drug-likeness (QED) is 0.387. The molecule has 14 heteroatoms. The highest BCUT2D eigenvalue weighted by Gasteiger charge is 2.38. The summed E-state index contributed by atoms with van der Waals surface area (Å²) < 4.78 is 81.7. The first-order chi connectivity index (χ1) is 18.8. The number of aliphatic hydroxyl groups excluding tert-OH is 1. The Bertz CT molecular complexity index is 1580. The summed E-state index contributed by atoms with van der Waals surface area (Å²) in [5.74, 6) is -0.411. The van der Waals surface area contributed by atoms with Crippen molar-refractivity contribution in [2.45, 2.75) is 37.3 Å². The minimum atomic E-state index is -5.05. The number of rotatable bonds is 6. The molecule has 1 fully saturated rings. The van der Waals surface area contributed by atoms with Crippen LogP contribution in [0.25, 0.3) is 5.57 Å². The molecule has 0 aliphatic carbocycles. The van der Waals surface area contributed by atoms with E-state index < -0.39 is 35.8 Å². The summed E-state index contributed by atoms with van der Waals surface area (Å²) in [6, 6.07) is 6.28. The average molecular weight is 584 g/mol. The number of nitrogens with one attached hydrogen (secondary N) is 1. The first-order valence-corrected chi connectivity index (χ1v) is 13.0. The van der Waals surface area contributed by atoms with Gasteiger partial charge in [-0.1, -0.05) is 23.5 Å². The van der Waals surface area contributed by atoms with Gasteiger partial charge in [0, 0.05) is 37.7 Å². The van der Waals surface area contributed by atoms with Crippen molar-refractivity contribution in [3.05, 3.63) is 74.1 Å². The van der Waals surface area contributed by atoms with Crippen LogP contribution in [0.4, 0.5) is 31.5 Å². The van der Waals surface area contributed by atoms with Gasteiger partial charge in [-0.05, 0) is 47.0 Å². The molecule has 3 heterocycles. The monoisotopic (exact) mass is 583 g/mol. The second-order valence-corrected chi connectivity index (χ2v) is 10.6. The highest BCUT2D eigenvalue weighted by Crippen LogP contribution is 2.41. The highest BCUT2D eigenvalue weighted by molar-refractivity contribution is 7.17. The molecule has 7 nitrogen and oxygen atoms in total. The molecule has 3 N–H and O–H groups in total. The fourth-order valence-electron chi connectivity index (χ4n) is 4.80. The number of benzene rings is 2. The molecular weight excluding hydrogens is 560 g/mol. The van der Waals surface area contributed by atoms with Crippen molar-refractivity contribution in [2.75, 3.05) is 25.1 Å². The summed E-state index contributed by atoms with van der Waals surface area (Å²) in [4.78, 5) is 6.26. The van der Waals surface area contributed by atoms with Crippen molar-refractivity contribution < 1.29 is 36.6 Å². The van der Waals surface area contributed by atoms with E-state index in [2.05, 4.69) is 20.5 Å². The number of hydrogen-bond donors (Lipinski definition) is 3. The molecule has 2 atom stereocenters. The average Bonchev–Trinajstić information content (AvgIpc) is 3.65.